The summed E-state index contributed by atoms with van der Waals surface area (Å²) in [7, 11) is 2.05. The van der Waals surface area contributed by atoms with Crippen molar-refractivity contribution in [3.8, 4) is 5.69 Å². The lowest BCUT2D eigenvalue weighted by Gasteiger charge is -2.35. The van der Waals surface area contributed by atoms with E-state index in [1.54, 1.807) is 0 Å². The van der Waals surface area contributed by atoms with Crippen LogP contribution in [-0.4, -0.2) is 43.9 Å². The molecular weight excluding hydrogens is 300 g/mol. The molecule has 2 aromatic heterocycles. The number of rotatable bonds is 4. The highest BCUT2D eigenvalue weighted by Crippen LogP contribution is 2.22. The number of nitrogens with zero attached hydrogens (tertiary/aromatic N) is 5. The second-order valence-corrected chi connectivity index (χ2v) is 6.17. The summed E-state index contributed by atoms with van der Waals surface area (Å²) >= 11 is 0. The van der Waals surface area contributed by atoms with Crippen molar-refractivity contribution >= 4 is 0 Å². The van der Waals surface area contributed by atoms with Crippen LogP contribution in [-0.2, 0) is 13.6 Å². The van der Waals surface area contributed by atoms with E-state index in [-0.39, 0.29) is 6.04 Å². The third-order valence-electron chi connectivity index (χ3n) is 4.54. The van der Waals surface area contributed by atoms with Crippen LogP contribution in [0.25, 0.3) is 5.69 Å². The average Bonchev–Trinajstić information content (AvgIpc) is 3.25. The van der Waals surface area contributed by atoms with Gasteiger partial charge in [0.2, 0.25) is 0 Å². The molecule has 24 heavy (non-hydrogen) atoms. The van der Waals surface area contributed by atoms with Crippen LogP contribution >= 0.6 is 0 Å². The molecule has 0 amide bonds. The zero-order chi connectivity index (χ0) is 16.4. The Hall–Kier alpha value is -2.44. The van der Waals surface area contributed by atoms with Crippen molar-refractivity contribution in [1.29, 1.82) is 0 Å². The minimum absolute atomic E-state index is 0.278. The first-order valence-corrected chi connectivity index (χ1v) is 8.33. The summed E-state index contributed by atoms with van der Waals surface area (Å²) in [4.78, 5) is 6.99. The lowest BCUT2D eigenvalue weighted by molar-refractivity contribution is 0.143. The molecule has 1 fully saturated rings. The Morgan fingerprint density at radius 3 is 2.83 bits per heavy atom. The molecule has 1 saturated heterocycles. The summed E-state index contributed by atoms with van der Waals surface area (Å²) in [6.45, 7) is 3.75. The molecule has 0 spiro atoms. The normalized spacial score (nSPS) is 18.8. The maximum atomic E-state index is 4.74. The number of para-hydroxylation sites is 1. The van der Waals surface area contributed by atoms with E-state index in [1.165, 1.54) is 0 Å². The highest BCUT2D eigenvalue weighted by atomic mass is 15.3. The minimum Gasteiger partial charge on any atom is -0.337 e. The van der Waals surface area contributed by atoms with Gasteiger partial charge in [-0.25, -0.2) is 9.67 Å². The monoisotopic (exact) mass is 322 g/mol. The van der Waals surface area contributed by atoms with Crippen molar-refractivity contribution in [1.82, 2.24) is 29.5 Å². The van der Waals surface area contributed by atoms with Crippen molar-refractivity contribution in [2.75, 3.05) is 19.6 Å². The zero-order valence-electron chi connectivity index (χ0n) is 13.8. The minimum atomic E-state index is 0.278. The number of nitrogens with one attached hydrogen (secondary N) is 1. The predicted molar refractivity (Wildman–Crippen MR) is 92.8 cm³/mol. The van der Waals surface area contributed by atoms with Gasteiger partial charge in [0.1, 0.15) is 5.82 Å². The molecule has 3 aromatic rings. The number of benzene rings is 1. The summed E-state index contributed by atoms with van der Waals surface area (Å²) in [5.74, 6) is 1.10. The lowest BCUT2D eigenvalue weighted by atomic mass is 10.1. The number of aromatic nitrogens is 4. The quantitative estimate of drug-likeness (QED) is 0.795. The Bertz CT molecular complexity index is 791. The number of hydrogen-bond donors (Lipinski definition) is 1. The van der Waals surface area contributed by atoms with Gasteiger partial charge in [-0.3, -0.25) is 4.90 Å². The Morgan fingerprint density at radius 1 is 1.17 bits per heavy atom. The van der Waals surface area contributed by atoms with E-state index in [0.717, 1.165) is 43.4 Å². The van der Waals surface area contributed by atoms with Crippen molar-refractivity contribution < 1.29 is 0 Å². The van der Waals surface area contributed by atoms with E-state index in [4.69, 9.17) is 5.10 Å². The molecule has 1 aliphatic rings. The van der Waals surface area contributed by atoms with Crippen molar-refractivity contribution in [3.05, 3.63) is 66.5 Å². The Morgan fingerprint density at radius 2 is 2.04 bits per heavy atom. The second kappa shape index (κ2) is 6.59. The third kappa shape index (κ3) is 2.98. The largest absolute Gasteiger partial charge is 0.337 e. The predicted octanol–water partition coefficient (Wildman–Crippen LogP) is 1.75. The first-order valence-electron chi connectivity index (χ1n) is 8.33. The van der Waals surface area contributed by atoms with E-state index in [9.17, 15) is 0 Å². The third-order valence-corrected chi connectivity index (χ3v) is 4.54. The fourth-order valence-electron chi connectivity index (χ4n) is 3.27. The fourth-order valence-corrected chi connectivity index (χ4v) is 3.27. The van der Waals surface area contributed by atoms with Gasteiger partial charge in [0.05, 0.1) is 17.4 Å². The molecule has 1 aliphatic heterocycles. The van der Waals surface area contributed by atoms with Gasteiger partial charge in [0.15, 0.2) is 0 Å². The van der Waals surface area contributed by atoms with Crippen molar-refractivity contribution in [2.45, 2.75) is 12.6 Å². The molecule has 6 nitrogen and oxygen atoms in total. The number of piperazine rings is 1. The van der Waals surface area contributed by atoms with Crippen LogP contribution in [0.2, 0.25) is 0 Å². The van der Waals surface area contributed by atoms with Gasteiger partial charge >= 0.3 is 0 Å². The standard InChI is InChI=1S/C18H22N6/c1-22-11-9-20-18(22)17-13-19-8-12-23(17)14-15-7-10-24(21-15)16-5-3-2-4-6-16/h2-7,9-11,17,19H,8,12-14H2,1H3. The van der Waals surface area contributed by atoms with Crippen molar-refractivity contribution in [2.24, 2.45) is 7.05 Å². The highest BCUT2D eigenvalue weighted by Gasteiger charge is 2.27. The number of hydrogen-bond acceptors (Lipinski definition) is 4. The summed E-state index contributed by atoms with van der Waals surface area (Å²) < 4.78 is 4.04. The van der Waals surface area contributed by atoms with Crippen LogP contribution in [0.15, 0.2) is 55.0 Å². The summed E-state index contributed by atoms with van der Waals surface area (Å²) in [5, 5.41) is 8.22. The second-order valence-electron chi connectivity index (χ2n) is 6.17. The molecule has 1 atom stereocenters. The maximum Gasteiger partial charge on any atom is 0.127 e. The Balaban J connectivity index is 1.53. The molecule has 0 saturated carbocycles. The molecule has 1 aromatic carbocycles. The molecule has 1 N–H and O–H groups in total. The fraction of sp³-hybridized carbons (Fsp3) is 0.333. The Labute approximate surface area is 141 Å². The number of aryl methyl sites for hydroxylation is 1. The lowest BCUT2D eigenvalue weighted by Crippen LogP contribution is -2.46. The maximum absolute atomic E-state index is 4.74. The van der Waals surface area contributed by atoms with Gasteiger partial charge in [-0.2, -0.15) is 5.10 Å². The van der Waals surface area contributed by atoms with E-state index in [0.29, 0.717) is 0 Å². The van der Waals surface area contributed by atoms with E-state index >= 15 is 0 Å². The van der Waals surface area contributed by atoms with Crippen LogP contribution in [0.3, 0.4) is 0 Å². The molecule has 6 heteroatoms. The molecule has 3 heterocycles. The smallest absolute Gasteiger partial charge is 0.127 e. The zero-order valence-corrected chi connectivity index (χ0v) is 13.8. The molecular formula is C18H22N6. The van der Waals surface area contributed by atoms with Crippen molar-refractivity contribution in [3.63, 3.8) is 0 Å². The first kappa shape index (κ1) is 15.1. The molecule has 0 radical (unpaired) electrons. The van der Waals surface area contributed by atoms with Crippen LogP contribution in [0.5, 0.6) is 0 Å². The van der Waals surface area contributed by atoms with Crippen LogP contribution in [0.4, 0.5) is 0 Å². The van der Waals surface area contributed by atoms with Gasteiger partial charge in [0, 0.05) is 51.8 Å². The molecule has 124 valence electrons. The SMILES string of the molecule is Cn1ccnc1C1CNCCN1Cc1ccn(-c2ccccc2)n1. The summed E-state index contributed by atoms with van der Waals surface area (Å²) in [6.07, 6.45) is 5.90. The van der Waals surface area contributed by atoms with Crippen LogP contribution in [0, 0.1) is 0 Å². The van der Waals surface area contributed by atoms with Crippen LogP contribution in [0.1, 0.15) is 17.6 Å². The topological polar surface area (TPSA) is 50.9 Å². The van der Waals surface area contributed by atoms with Gasteiger partial charge in [-0.05, 0) is 18.2 Å². The van der Waals surface area contributed by atoms with E-state index in [2.05, 4.69) is 45.0 Å². The molecule has 0 bridgehead atoms. The molecule has 1 unspecified atom stereocenters. The molecule has 0 aliphatic carbocycles. The Kier molecular flexibility index (Phi) is 4.15. The average molecular weight is 322 g/mol. The summed E-state index contributed by atoms with van der Waals surface area (Å²) in [5.41, 5.74) is 2.17. The van der Waals surface area contributed by atoms with Crippen LogP contribution < -0.4 is 5.32 Å². The van der Waals surface area contributed by atoms with E-state index in [1.807, 2.05) is 41.5 Å². The first-order chi connectivity index (χ1) is 11.8. The van der Waals surface area contributed by atoms with Gasteiger partial charge in [0.25, 0.3) is 0 Å². The van der Waals surface area contributed by atoms with Gasteiger partial charge < -0.3 is 9.88 Å². The number of imidazole rings is 1. The summed E-state index contributed by atoms with van der Waals surface area (Å²) in [6, 6.07) is 12.6. The molecule has 4 rings (SSSR count). The van der Waals surface area contributed by atoms with Gasteiger partial charge in [-0.15, -0.1) is 0 Å². The van der Waals surface area contributed by atoms with E-state index < -0.39 is 0 Å². The van der Waals surface area contributed by atoms with Gasteiger partial charge in [-0.1, -0.05) is 18.2 Å². The highest BCUT2D eigenvalue weighted by molar-refractivity contribution is 5.30.